The number of aromatic amines is 1. The molecule has 1 aromatic heterocycles. The summed E-state index contributed by atoms with van der Waals surface area (Å²) in [4.78, 5) is 134. The van der Waals surface area contributed by atoms with E-state index in [1.165, 1.54) is 25.1 Å². The Labute approximate surface area is 426 Å². The van der Waals surface area contributed by atoms with Crippen LogP contribution in [0.5, 0.6) is 0 Å². The van der Waals surface area contributed by atoms with Gasteiger partial charge in [-0.15, -0.1) is 0 Å². The largest absolute Gasteiger partial charge is 0.394 e. The summed E-state index contributed by atoms with van der Waals surface area (Å²) in [6.07, 6.45) is 0.0136. The number of H-pyrrole nitrogens is 1. The van der Waals surface area contributed by atoms with Gasteiger partial charge < -0.3 is 70.7 Å². The number of hydrogen-bond acceptors (Lipinski definition) is 12. The van der Waals surface area contributed by atoms with E-state index in [1.54, 1.807) is 12.3 Å². The number of nitrogens with zero attached hydrogens (tertiary/aromatic N) is 2. The molecule has 2 aromatic carbocycles. The average Bonchev–Trinajstić information content (AvgIpc) is 3.76. The molecule has 0 aliphatic carbocycles. The van der Waals surface area contributed by atoms with Crippen LogP contribution >= 0.6 is 0 Å². The van der Waals surface area contributed by atoms with Crippen LogP contribution in [0.3, 0.4) is 0 Å². The molecule has 3 aromatic rings. The molecule has 0 bridgehead atoms. The van der Waals surface area contributed by atoms with Crippen molar-refractivity contribution < 1.29 is 52.6 Å². The molecule has 1 saturated heterocycles. The maximum atomic E-state index is 15.3. The molecule has 1 fully saturated rings. The zero-order valence-electron chi connectivity index (χ0n) is 41.3. The molecular formula is C49H69FN14O10. The topological polar surface area (TPSA) is 417 Å². The van der Waals surface area contributed by atoms with Crippen molar-refractivity contribution in [2.45, 2.75) is 114 Å². The van der Waals surface area contributed by atoms with E-state index >= 15 is 4.39 Å². The quantitative estimate of drug-likeness (QED) is 0.0394. The number of aromatic nitrogens is 1. The third-order valence-electron chi connectivity index (χ3n) is 12.4. The lowest BCUT2D eigenvalue weighted by Crippen LogP contribution is -2.59. The minimum atomic E-state index is -1.79. The Morgan fingerprint density at radius 2 is 1.43 bits per heavy atom. The number of hydrogen-bond donors (Lipinski definition) is 13. The number of carbonyl (C=O) groups excluding carboxylic acids is 9. The van der Waals surface area contributed by atoms with Crippen LogP contribution in [-0.4, -0.2) is 131 Å². The highest BCUT2D eigenvalue weighted by Crippen LogP contribution is 2.26. The Kier molecular flexibility index (Phi) is 23.4. The van der Waals surface area contributed by atoms with Crippen molar-refractivity contribution in [1.82, 2.24) is 36.9 Å². The number of primary amides is 1. The van der Waals surface area contributed by atoms with Crippen molar-refractivity contribution in [2.75, 3.05) is 26.2 Å². The molecule has 402 valence electrons. The van der Waals surface area contributed by atoms with Crippen molar-refractivity contribution in [2.24, 2.45) is 50.5 Å². The van der Waals surface area contributed by atoms with Gasteiger partial charge in [0.2, 0.25) is 41.4 Å². The molecule has 0 unspecified atom stereocenters. The fourth-order valence-corrected chi connectivity index (χ4v) is 8.44. The van der Waals surface area contributed by atoms with Crippen LogP contribution in [0.4, 0.5) is 4.39 Å². The summed E-state index contributed by atoms with van der Waals surface area (Å²) in [5.41, 5.74) is 29.1. The van der Waals surface area contributed by atoms with E-state index < -0.39 is 133 Å². The molecule has 74 heavy (non-hydrogen) atoms. The van der Waals surface area contributed by atoms with Gasteiger partial charge in [0, 0.05) is 81.2 Å². The fraction of sp³-hybridized carbons (Fsp3) is 0.490. The SMILES string of the molecule is CC(=O)N[C@@H](CCCN=C(N)N)C(=O)N[C@H]1CCC(=O)NCCC[C@@H](C(N)=O)NC(=O)[C@H](Cc2c[nH]c3ccccc23)CC(=O)[C@H](CCCN=C(N)N)CC(=O)[C@@H](Cc2ccccc2F)NC(=O)[C@H](CO)NC1=O. The predicted molar refractivity (Wildman–Crippen MR) is 271 cm³/mol. The molecule has 0 radical (unpaired) electrons. The number of nitrogens with two attached hydrogens (primary N) is 5. The Balaban J connectivity index is 1.75. The molecule has 0 spiro atoms. The van der Waals surface area contributed by atoms with E-state index in [-0.39, 0.29) is 88.5 Å². The number of Topliss-reactive ketones (excluding diaryl/α,β-unsaturated/α-hetero) is 2. The average molecular weight is 1030 g/mol. The molecule has 7 amide bonds. The summed E-state index contributed by atoms with van der Waals surface area (Å²) >= 11 is 0. The highest BCUT2D eigenvalue weighted by Gasteiger charge is 2.35. The number of halogens is 1. The second-order valence-electron chi connectivity index (χ2n) is 18.1. The summed E-state index contributed by atoms with van der Waals surface area (Å²) in [5, 5.41) is 26.5. The van der Waals surface area contributed by atoms with Crippen LogP contribution in [0.2, 0.25) is 0 Å². The zero-order chi connectivity index (χ0) is 54.3. The van der Waals surface area contributed by atoms with Crippen LogP contribution < -0.4 is 60.6 Å². The van der Waals surface area contributed by atoms with Crippen molar-refractivity contribution in [1.29, 1.82) is 0 Å². The lowest BCUT2D eigenvalue weighted by molar-refractivity contribution is -0.136. The van der Waals surface area contributed by atoms with Gasteiger partial charge in [-0.3, -0.25) is 53.1 Å². The number of rotatable bonds is 17. The first-order chi connectivity index (χ1) is 35.3. The van der Waals surface area contributed by atoms with E-state index in [0.29, 0.717) is 5.56 Å². The van der Waals surface area contributed by atoms with Crippen molar-refractivity contribution in [3.05, 3.63) is 71.7 Å². The number of ketones is 2. The Morgan fingerprint density at radius 1 is 0.770 bits per heavy atom. The van der Waals surface area contributed by atoms with Gasteiger partial charge in [-0.25, -0.2) is 4.39 Å². The minimum absolute atomic E-state index is 0.00345. The van der Waals surface area contributed by atoms with Gasteiger partial charge in [-0.05, 0) is 74.6 Å². The highest BCUT2D eigenvalue weighted by molar-refractivity contribution is 5.98. The van der Waals surface area contributed by atoms with Crippen LogP contribution in [0.1, 0.15) is 82.3 Å². The number of fused-ring (bicyclic) bond motifs is 1. The number of carbonyl (C=O) groups is 9. The number of aliphatic hydroxyl groups excluding tert-OH is 1. The first-order valence-electron chi connectivity index (χ1n) is 24.4. The number of para-hydroxylation sites is 1. The third-order valence-corrected chi connectivity index (χ3v) is 12.4. The molecular weight excluding hydrogens is 964 g/mol. The van der Waals surface area contributed by atoms with E-state index in [9.17, 15) is 48.3 Å². The van der Waals surface area contributed by atoms with E-state index in [4.69, 9.17) is 28.7 Å². The van der Waals surface area contributed by atoms with Gasteiger partial charge in [-0.1, -0.05) is 36.4 Å². The van der Waals surface area contributed by atoms with Gasteiger partial charge in [0.25, 0.3) is 0 Å². The van der Waals surface area contributed by atoms with Gasteiger partial charge >= 0.3 is 0 Å². The Hall–Kier alpha value is -7.96. The smallest absolute Gasteiger partial charge is 0.245 e. The summed E-state index contributed by atoms with van der Waals surface area (Å²) in [5.74, 6) is -10.5. The number of aliphatic imine (C=N–C) groups is 2. The van der Waals surface area contributed by atoms with E-state index in [2.05, 4.69) is 46.9 Å². The number of amides is 7. The van der Waals surface area contributed by atoms with Crippen molar-refractivity contribution >= 4 is 75.7 Å². The van der Waals surface area contributed by atoms with E-state index in [1.807, 2.05) is 18.2 Å². The second kappa shape index (κ2) is 29.5. The number of nitrogens with one attached hydrogen (secondary N) is 7. The molecule has 1 aliphatic rings. The standard InChI is InChI=1S/C49H69FN14O10/c1-27(66)60-36(15-8-20-58-49(54)55)45(72)62-37-16-17-42(69)56-18-7-14-35(43(51)70)61-44(71)30(21-31-25-59-34-13-5-3-11-32(31)34)24-40(67)29(10-6-19-57-48(52)53)23-41(68)38(22-28-9-2-4-12-33(28)50)63-47(74)39(26-65)64-46(37)73/h2-5,9,11-13,25,29-30,35-39,59,65H,6-8,10,14-24,26H2,1H3,(H2,51,70)(H,56,69)(H,60,66)(H,61,71)(H,62,72)(H,63,74)(H,64,73)(H4,52,53,57)(H4,54,55,58)/t29-,30-,35+,36+,37+,38-,39+/m1/s1. The maximum absolute atomic E-state index is 15.3. The fourth-order valence-electron chi connectivity index (χ4n) is 8.44. The van der Waals surface area contributed by atoms with Gasteiger partial charge in [0.1, 0.15) is 35.8 Å². The van der Waals surface area contributed by atoms with Crippen molar-refractivity contribution in [3.8, 4) is 0 Å². The van der Waals surface area contributed by atoms with Crippen LogP contribution in [0.15, 0.2) is 64.7 Å². The normalized spacial score (nSPS) is 21.4. The molecule has 24 nitrogen and oxygen atoms in total. The van der Waals surface area contributed by atoms with Crippen LogP contribution in [0.25, 0.3) is 10.9 Å². The Bertz CT molecular complexity index is 2530. The molecule has 18 N–H and O–H groups in total. The molecule has 0 saturated carbocycles. The predicted octanol–water partition coefficient (Wildman–Crippen LogP) is -2.04. The first-order valence-corrected chi connectivity index (χ1v) is 24.4. The number of aliphatic hydroxyl groups is 1. The highest BCUT2D eigenvalue weighted by atomic mass is 19.1. The molecule has 2 heterocycles. The lowest BCUT2D eigenvalue weighted by Gasteiger charge is -2.26. The third kappa shape index (κ3) is 19.2. The Morgan fingerprint density at radius 3 is 2.11 bits per heavy atom. The second-order valence-corrected chi connectivity index (χ2v) is 18.1. The van der Waals surface area contributed by atoms with Crippen LogP contribution in [0, 0.1) is 17.7 Å². The number of guanidine groups is 2. The summed E-state index contributed by atoms with van der Waals surface area (Å²) in [7, 11) is 0. The number of benzene rings is 2. The minimum Gasteiger partial charge on any atom is -0.394 e. The summed E-state index contributed by atoms with van der Waals surface area (Å²) in [6.45, 7) is 0.247. The molecule has 25 heteroatoms. The summed E-state index contributed by atoms with van der Waals surface area (Å²) in [6, 6.07) is 5.34. The maximum Gasteiger partial charge on any atom is 0.245 e. The van der Waals surface area contributed by atoms with Gasteiger partial charge in [0.05, 0.1) is 12.6 Å². The summed E-state index contributed by atoms with van der Waals surface area (Å²) < 4.78 is 15.3. The van der Waals surface area contributed by atoms with Crippen LogP contribution in [-0.2, 0) is 56.0 Å². The van der Waals surface area contributed by atoms with Gasteiger partial charge in [-0.2, -0.15) is 0 Å². The first kappa shape index (κ1) is 58.6. The van der Waals surface area contributed by atoms with Gasteiger partial charge in [0.15, 0.2) is 17.7 Å². The van der Waals surface area contributed by atoms with Crippen molar-refractivity contribution in [3.63, 3.8) is 0 Å². The lowest BCUT2D eigenvalue weighted by atomic mass is 9.83. The zero-order valence-corrected chi connectivity index (χ0v) is 41.3. The monoisotopic (exact) mass is 1030 g/mol. The molecule has 7 atom stereocenters. The molecule has 4 rings (SSSR count). The van der Waals surface area contributed by atoms with E-state index in [0.717, 1.165) is 17.0 Å². The molecule has 1 aliphatic heterocycles.